The predicted octanol–water partition coefficient (Wildman–Crippen LogP) is 4.53. The molecule has 0 saturated carbocycles. The fourth-order valence-corrected chi connectivity index (χ4v) is 3.34. The molecule has 0 aromatic heterocycles. The molecule has 0 radical (unpaired) electrons. The zero-order valence-electron chi connectivity index (χ0n) is 17.6. The molecule has 2 amide bonds. The van der Waals surface area contributed by atoms with Gasteiger partial charge in [-0.3, -0.25) is 9.59 Å². The van der Waals surface area contributed by atoms with Gasteiger partial charge in [-0.1, -0.05) is 12.1 Å². The van der Waals surface area contributed by atoms with Crippen LogP contribution in [0.4, 0.5) is 17.1 Å². The van der Waals surface area contributed by atoms with Gasteiger partial charge in [0.25, 0.3) is 0 Å². The summed E-state index contributed by atoms with van der Waals surface area (Å²) in [5.41, 5.74) is 4.89. The molecule has 5 nitrogen and oxygen atoms in total. The zero-order valence-corrected chi connectivity index (χ0v) is 17.6. The molecule has 0 bridgehead atoms. The van der Waals surface area contributed by atoms with E-state index in [9.17, 15) is 9.59 Å². The molecular weight excluding hydrogens is 350 g/mol. The maximum atomic E-state index is 12.3. The second-order valence-electron chi connectivity index (χ2n) is 6.98. The molecule has 0 unspecified atom stereocenters. The van der Waals surface area contributed by atoms with E-state index < -0.39 is 0 Å². The van der Waals surface area contributed by atoms with Crippen molar-refractivity contribution >= 4 is 28.9 Å². The van der Waals surface area contributed by atoms with Crippen molar-refractivity contribution in [1.29, 1.82) is 0 Å². The van der Waals surface area contributed by atoms with E-state index in [0.29, 0.717) is 6.54 Å². The maximum absolute atomic E-state index is 12.3. The molecular formula is C23H31N3O2. The van der Waals surface area contributed by atoms with Crippen LogP contribution in [0.25, 0.3) is 0 Å². The predicted molar refractivity (Wildman–Crippen MR) is 117 cm³/mol. The summed E-state index contributed by atoms with van der Waals surface area (Å²) in [6.07, 6.45) is 0.241. The number of rotatable bonds is 8. The van der Waals surface area contributed by atoms with Crippen molar-refractivity contribution in [2.45, 2.75) is 41.0 Å². The van der Waals surface area contributed by atoms with Crippen LogP contribution < -0.4 is 15.1 Å². The van der Waals surface area contributed by atoms with E-state index in [0.717, 1.165) is 41.3 Å². The Morgan fingerprint density at radius 2 is 1.71 bits per heavy atom. The van der Waals surface area contributed by atoms with Crippen molar-refractivity contribution in [3.8, 4) is 0 Å². The Kier molecular flexibility index (Phi) is 7.61. The Labute approximate surface area is 168 Å². The van der Waals surface area contributed by atoms with Gasteiger partial charge in [0.15, 0.2) is 0 Å². The van der Waals surface area contributed by atoms with Crippen molar-refractivity contribution < 1.29 is 9.59 Å². The number of anilines is 3. The van der Waals surface area contributed by atoms with E-state index in [4.69, 9.17) is 0 Å². The molecule has 28 heavy (non-hydrogen) atoms. The number of carbonyl (C=O) groups excluding carboxylic acids is 2. The van der Waals surface area contributed by atoms with Crippen molar-refractivity contribution in [2.75, 3.05) is 34.8 Å². The van der Waals surface area contributed by atoms with E-state index >= 15 is 0 Å². The van der Waals surface area contributed by atoms with Gasteiger partial charge in [-0.05, 0) is 69.2 Å². The molecule has 2 rings (SSSR count). The minimum atomic E-state index is -0.103. The van der Waals surface area contributed by atoms with Crippen LogP contribution in [0.3, 0.4) is 0 Å². The molecule has 0 aliphatic carbocycles. The largest absolute Gasteiger partial charge is 0.372 e. The van der Waals surface area contributed by atoms with Gasteiger partial charge in [-0.15, -0.1) is 0 Å². The number of nitrogens with zero attached hydrogens (tertiary/aromatic N) is 2. The summed E-state index contributed by atoms with van der Waals surface area (Å²) >= 11 is 0. The van der Waals surface area contributed by atoms with Gasteiger partial charge in [0.1, 0.15) is 0 Å². The highest BCUT2D eigenvalue weighted by Crippen LogP contribution is 2.26. The lowest BCUT2D eigenvalue weighted by atomic mass is 10.1. The van der Waals surface area contributed by atoms with Crippen LogP contribution in [0, 0.1) is 13.8 Å². The smallest absolute Gasteiger partial charge is 0.226 e. The van der Waals surface area contributed by atoms with Gasteiger partial charge >= 0.3 is 0 Å². The summed E-state index contributed by atoms with van der Waals surface area (Å²) in [6.45, 7) is 12.0. The number of carbonyl (C=O) groups is 2. The molecule has 0 aliphatic rings. The number of aryl methyl sites for hydroxylation is 2. The molecule has 0 atom stereocenters. The van der Waals surface area contributed by atoms with Crippen LogP contribution in [0.15, 0.2) is 42.5 Å². The Balaban J connectivity index is 2.09. The average molecular weight is 382 g/mol. The van der Waals surface area contributed by atoms with Crippen LogP contribution in [0.5, 0.6) is 0 Å². The third-order valence-corrected chi connectivity index (χ3v) is 4.84. The Morgan fingerprint density at radius 1 is 1.00 bits per heavy atom. The Morgan fingerprint density at radius 3 is 2.29 bits per heavy atom. The zero-order chi connectivity index (χ0) is 20.7. The monoisotopic (exact) mass is 381 g/mol. The van der Waals surface area contributed by atoms with Gasteiger partial charge in [-0.25, -0.2) is 0 Å². The van der Waals surface area contributed by atoms with Gasteiger partial charge < -0.3 is 15.1 Å². The first-order valence-electron chi connectivity index (χ1n) is 9.85. The van der Waals surface area contributed by atoms with Crippen LogP contribution in [0.2, 0.25) is 0 Å². The van der Waals surface area contributed by atoms with Gasteiger partial charge in [0.05, 0.1) is 0 Å². The Hall–Kier alpha value is -2.82. The summed E-state index contributed by atoms with van der Waals surface area (Å²) in [4.78, 5) is 28.5. The highest BCUT2D eigenvalue weighted by Gasteiger charge is 2.16. The number of benzene rings is 2. The molecule has 1 N–H and O–H groups in total. The highest BCUT2D eigenvalue weighted by atomic mass is 16.2. The maximum Gasteiger partial charge on any atom is 0.226 e. The minimum absolute atomic E-state index is 0.0676. The second-order valence-corrected chi connectivity index (χ2v) is 6.98. The number of hydrogen-bond donors (Lipinski definition) is 1. The van der Waals surface area contributed by atoms with Gasteiger partial charge in [0, 0.05) is 50.0 Å². The number of hydrogen-bond acceptors (Lipinski definition) is 3. The Bertz CT molecular complexity index is 828. The molecule has 0 fully saturated rings. The molecule has 0 saturated heterocycles. The highest BCUT2D eigenvalue weighted by molar-refractivity contribution is 5.95. The van der Waals surface area contributed by atoms with Crippen LogP contribution in [-0.2, 0) is 9.59 Å². The lowest BCUT2D eigenvalue weighted by Crippen LogP contribution is -2.32. The molecule has 0 aliphatic heterocycles. The first kappa shape index (κ1) is 21.5. The van der Waals surface area contributed by atoms with Crippen molar-refractivity contribution in [3.05, 3.63) is 53.6 Å². The van der Waals surface area contributed by atoms with Crippen molar-refractivity contribution in [2.24, 2.45) is 0 Å². The summed E-state index contributed by atoms with van der Waals surface area (Å²) in [7, 11) is 0. The SMILES string of the molecule is CCN(CC)c1ccc(N(CCC(=O)Nc2cccc(C)c2)C(C)=O)c(C)c1. The standard InChI is InChI=1S/C23H31N3O2/c1-6-25(7-2)21-11-12-22(18(4)16-21)26(19(5)27)14-13-23(28)24-20-10-8-9-17(3)15-20/h8-12,15-16H,6-7,13-14H2,1-5H3,(H,24,28). The van der Waals surface area contributed by atoms with E-state index in [2.05, 4.69) is 30.1 Å². The number of amides is 2. The minimum Gasteiger partial charge on any atom is -0.372 e. The quantitative estimate of drug-likeness (QED) is 0.731. The third-order valence-electron chi connectivity index (χ3n) is 4.84. The van der Waals surface area contributed by atoms with Gasteiger partial charge in [-0.2, -0.15) is 0 Å². The van der Waals surface area contributed by atoms with Crippen LogP contribution >= 0.6 is 0 Å². The van der Waals surface area contributed by atoms with Crippen molar-refractivity contribution in [1.82, 2.24) is 0 Å². The first-order chi connectivity index (χ1) is 13.3. The second kappa shape index (κ2) is 9.93. The molecule has 0 heterocycles. The molecule has 2 aromatic carbocycles. The number of nitrogens with one attached hydrogen (secondary N) is 1. The van der Waals surface area contributed by atoms with E-state index in [1.54, 1.807) is 4.90 Å². The van der Waals surface area contributed by atoms with Crippen LogP contribution in [0.1, 0.15) is 38.3 Å². The topological polar surface area (TPSA) is 52.6 Å². The summed E-state index contributed by atoms with van der Waals surface area (Å²) in [5, 5.41) is 2.90. The summed E-state index contributed by atoms with van der Waals surface area (Å²) in [6, 6.07) is 13.8. The molecule has 2 aromatic rings. The van der Waals surface area contributed by atoms with E-state index in [-0.39, 0.29) is 18.2 Å². The van der Waals surface area contributed by atoms with Gasteiger partial charge in [0.2, 0.25) is 11.8 Å². The third kappa shape index (κ3) is 5.59. The van der Waals surface area contributed by atoms with E-state index in [1.807, 2.05) is 50.2 Å². The van der Waals surface area contributed by atoms with Crippen LogP contribution in [-0.4, -0.2) is 31.4 Å². The fraction of sp³-hybridized carbons (Fsp3) is 0.391. The lowest BCUT2D eigenvalue weighted by molar-refractivity contribution is -0.117. The summed E-state index contributed by atoms with van der Waals surface area (Å²) < 4.78 is 0. The average Bonchev–Trinajstić information content (AvgIpc) is 2.64. The van der Waals surface area contributed by atoms with E-state index in [1.165, 1.54) is 6.92 Å². The normalized spacial score (nSPS) is 10.5. The molecule has 150 valence electrons. The first-order valence-corrected chi connectivity index (χ1v) is 9.85. The fourth-order valence-electron chi connectivity index (χ4n) is 3.34. The summed E-state index contributed by atoms with van der Waals surface area (Å²) in [5.74, 6) is -0.170. The van der Waals surface area contributed by atoms with Crippen molar-refractivity contribution in [3.63, 3.8) is 0 Å². The lowest BCUT2D eigenvalue weighted by Gasteiger charge is -2.26. The molecule has 5 heteroatoms. The molecule has 0 spiro atoms.